The van der Waals surface area contributed by atoms with Gasteiger partial charge in [-0.3, -0.25) is 14.5 Å². The molecule has 1 aromatic rings. The van der Waals surface area contributed by atoms with Crippen LogP contribution in [0, 0.1) is 11.7 Å². The number of rotatable bonds is 5. The van der Waals surface area contributed by atoms with Crippen LogP contribution >= 0.6 is 24.8 Å². The summed E-state index contributed by atoms with van der Waals surface area (Å²) in [5, 5.41) is 2.76. The average molecular weight is 449 g/mol. The summed E-state index contributed by atoms with van der Waals surface area (Å²) in [6.45, 7) is 4.16. The van der Waals surface area contributed by atoms with Gasteiger partial charge < -0.3 is 16.0 Å². The number of halogens is 3. The number of hydrogen-bond acceptors (Lipinski definition) is 4. The summed E-state index contributed by atoms with van der Waals surface area (Å²) >= 11 is 0. The van der Waals surface area contributed by atoms with E-state index in [1.165, 1.54) is 12.1 Å². The van der Waals surface area contributed by atoms with Crippen molar-refractivity contribution in [1.29, 1.82) is 0 Å². The summed E-state index contributed by atoms with van der Waals surface area (Å²) in [6.07, 6.45) is 3.82. The molecular weight excluding hydrogens is 418 g/mol. The second-order valence-electron chi connectivity index (χ2n) is 7.53. The fourth-order valence-corrected chi connectivity index (χ4v) is 3.97. The monoisotopic (exact) mass is 448 g/mol. The highest BCUT2D eigenvalue weighted by Crippen LogP contribution is 2.25. The van der Waals surface area contributed by atoms with Gasteiger partial charge in [0.05, 0.1) is 5.56 Å². The molecule has 1 saturated heterocycles. The molecule has 2 fully saturated rings. The smallest absolute Gasteiger partial charge is 0.254 e. The molecule has 6 nitrogen and oxygen atoms in total. The van der Waals surface area contributed by atoms with E-state index in [1.807, 2.05) is 4.90 Å². The van der Waals surface area contributed by atoms with E-state index in [-0.39, 0.29) is 48.2 Å². The van der Waals surface area contributed by atoms with Crippen molar-refractivity contribution in [2.75, 3.05) is 39.3 Å². The number of carbonyl (C=O) groups excluding carboxylic acids is 2. The van der Waals surface area contributed by atoms with Crippen LogP contribution in [0.3, 0.4) is 0 Å². The first-order valence-corrected chi connectivity index (χ1v) is 9.84. The summed E-state index contributed by atoms with van der Waals surface area (Å²) < 4.78 is 13.6. The van der Waals surface area contributed by atoms with E-state index in [2.05, 4.69) is 10.2 Å². The van der Waals surface area contributed by atoms with Gasteiger partial charge in [-0.15, -0.1) is 24.8 Å². The van der Waals surface area contributed by atoms with E-state index >= 15 is 0 Å². The number of nitrogens with zero attached hydrogens (tertiary/aromatic N) is 2. The normalized spacial score (nSPS) is 22.2. The van der Waals surface area contributed by atoms with Gasteiger partial charge in [-0.1, -0.05) is 18.6 Å². The lowest BCUT2D eigenvalue weighted by atomic mass is 9.85. The van der Waals surface area contributed by atoms with Crippen molar-refractivity contribution < 1.29 is 14.0 Å². The topological polar surface area (TPSA) is 78.7 Å². The van der Waals surface area contributed by atoms with Crippen LogP contribution in [0.25, 0.3) is 0 Å². The molecule has 3 rings (SSSR count). The Morgan fingerprint density at radius 1 is 1.10 bits per heavy atom. The molecule has 2 aliphatic rings. The highest BCUT2D eigenvalue weighted by atomic mass is 35.5. The van der Waals surface area contributed by atoms with Crippen LogP contribution in [0.5, 0.6) is 0 Å². The molecule has 164 valence electrons. The molecule has 29 heavy (non-hydrogen) atoms. The zero-order valence-electron chi connectivity index (χ0n) is 16.5. The molecule has 1 aromatic carbocycles. The number of carbonyl (C=O) groups is 2. The van der Waals surface area contributed by atoms with Gasteiger partial charge in [0.25, 0.3) is 5.91 Å². The molecule has 1 saturated carbocycles. The van der Waals surface area contributed by atoms with Crippen LogP contribution in [0.2, 0.25) is 0 Å². The Labute approximate surface area is 184 Å². The molecular formula is C20H31Cl2FN4O2. The molecule has 3 N–H and O–H groups in total. The summed E-state index contributed by atoms with van der Waals surface area (Å²) in [4.78, 5) is 28.8. The zero-order chi connectivity index (χ0) is 19.2. The maximum absolute atomic E-state index is 13.6. The van der Waals surface area contributed by atoms with Crippen LogP contribution in [-0.4, -0.2) is 66.9 Å². The Hall–Kier alpha value is -1.41. The Balaban J connectivity index is 0.00000210. The Bertz CT molecular complexity index is 672. The lowest BCUT2D eigenvalue weighted by Crippen LogP contribution is -2.52. The first kappa shape index (κ1) is 25.6. The summed E-state index contributed by atoms with van der Waals surface area (Å²) in [5.74, 6) is -0.571. The average Bonchev–Trinajstić information content (AvgIpc) is 2.68. The Kier molecular flexibility index (Phi) is 10.9. The first-order chi connectivity index (χ1) is 13.0. The van der Waals surface area contributed by atoms with Crippen molar-refractivity contribution in [2.45, 2.75) is 31.7 Å². The van der Waals surface area contributed by atoms with Crippen molar-refractivity contribution in [2.24, 2.45) is 11.7 Å². The van der Waals surface area contributed by atoms with Crippen molar-refractivity contribution in [3.05, 3.63) is 35.6 Å². The third-order valence-corrected chi connectivity index (χ3v) is 5.58. The van der Waals surface area contributed by atoms with E-state index in [1.54, 1.807) is 12.1 Å². The molecule has 1 aliphatic heterocycles. The zero-order valence-corrected chi connectivity index (χ0v) is 18.2. The second kappa shape index (κ2) is 12.3. The molecule has 0 spiro atoms. The lowest BCUT2D eigenvalue weighted by Gasteiger charge is -2.37. The van der Waals surface area contributed by atoms with Crippen molar-refractivity contribution in [1.82, 2.24) is 15.1 Å². The van der Waals surface area contributed by atoms with Gasteiger partial charge in [-0.05, 0) is 31.4 Å². The summed E-state index contributed by atoms with van der Waals surface area (Å²) in [6, 6.07) is 6.13. The highest BCUT2D eigenvalue weighted by molar-refractivity contribution is 5.94. The van der Waals surface area contributed by atoms with Crippen molar-refractivity contribution in [3.8, 4) is 0 Å². The standard InChI is InChI=1S/C20H29FN4O2.2ClH/c21-18-7-2-1-6-17(18)19(26)23-8-9-24-10-12-25(13-11-24)20(27)15-4-3-5-16(22)14-15;;/h1-2,6-7,15-16H,3-5,8-14,22H2,(H,23,26);2*1H. The van der Waals surface area contributed by atoms with Crippen molar-refractivity contribution in [3.63, 3.8) is 0 Å². The fraction of sp³-hybridized carbons (Fsp3) is 0.600. The number of benzene rings is 1. The summed E-state index contributed by atoms with van der Waals surface area (Å²) in [7, 11) is 0. The van der Waals surface area contributed by atoms with Crippen LogP contribution in [-0.2, 0) is 4.79 Å². The van der Waals surface area contributed by atoms with Gasteiger partial charge in [-0.25, -0.2) is 4.39 Å². The van der Waals surface area contributed by atoms with Crippen LogP contribution in [0.4, 0.5) is 4.39 Å². The predicted octanol–water partition coefficient (Wildman–Crippen LogP) is 2.06. The molecule has 1 aliphatic carbocycles. The largest absolute Gasteiger partial charge is 0.351 e. The number of nitrogens with one attached hydrogen (secondary N) is 1. The molecule has 0 bridgehead atoms. The van der Waals surface area contributed by atoms with E-state index < -0.39 is 11.7 Å². The minimum absolute atomic E-state index is 0. The van der Waals surface area contributed by atoms with E-state index in [0.717, 1.165) is 38.8 Å². The van der Waals surface area contributed by atoms with E-state index in [4.69, 9.17) is 5.73 Å². The number of piperazine rings is 1. The van der Waals surface area contributed by atoms with Crippen LogP contribution in [0.1, 0.15) is 36.0 Å². The fourth-order valence-electron chi connectivity index (χ4n) is 3.97. The number of hydrogen-bond donors (Lipinski definition) is 2. The number of amides is 2. The first-order valence-electron chi connectivity index (χ1n) is 9.84. The second-order valence-corrected chi connectivity index (χ2v) is 7.53. The van der Waals surface area contributed by atoms with E-state index in [9.17, 15) is 14.0 Å². The molecule has 0 aromatic heterocycles. The van der Waals surface area contributed by atoms with Gasteiger partial charge in [0, 0.05) is 51.2 Å². The van der Waals surface area contributed by atoms with Gasteiger partial charge in [0.1, 0.15) is 5.82 Å². The molecule has 1 heterocycles. The van der Waals surface area contributed by atoms with Gasteiger partial charge in [0.15, 0.2) is 0 Å². The quantitative estimate of drug-likeness (QED) is 0.722. The van der Waals surface area contributed by atoms with Gasteiger partial charge in [-0.2, -0.15) is 0 Å². The Morgan fingerprint density at radius 2 is 1.79 bits per heavy atom. The minimum atomic E-state index is -0.510. The maximum atomic E-state index is 13.6. The maximum Gasteiger partial charge on any atom is 0.254 e. The highest BCUT2D eigenvalue weighted by Gasteiger charge is 2.30. The third kappa shape index (κ3) is 7.10. The number of nitrogens with two attached hydrogens (primary N) is 1. The third-order valence-electron chi connectivity index (χ3n) is 5.58. The molecule has 2 unspecified atom stereocenters. The van der Waals surface area contributed by atoms with Gasteiger partial charge >= 0.3 is 0 Å². The molecule has 9 heteroatoms. The SMILES string of the molecule is Cl.Cl.NC1CCCC(C(=O)N2CCN(CCNC(=O)c3ccccc3F)CC2)C1. The lowest BCUT2D eigenvalue weighted by molar-refractivity contribution is -0.138. The predicted molar refractivity (Wildman–Crippen MR) is 116 cm³/mol. The van der Waals surface area contributed by atoms with Gasteiger partial charge in [0.2, 0.25) is 5.91 Å². The Morgan fingerprint density at radius 3 is 2.45 bits per heavy atom. The molecule has 2 atom stereocenters. The van der Waals surface area contributed by atoms with Crippen LogP contribution in [0.15, 0.2) is 24.3 Å². The van der Waals surface area contributed by atoms with E-state index in [0.29, 0.717) is 26.2 Å². The van der Waals surface area contributed by atoms with Crippen molar-refractivity contribution >= 4 is 36.6 Å². The minimum Gasteiger partial charge on any atom is -0.351 e. The molecule has 0 radical (unpaired) electrons. The molecule has 2 amide bonds. The summed E-state index contributed by atoms with van der Waals surface area (Å²) in [5.41, 5.74) is 6.08. The van der Waals surface area contributed by atoms with Crippen LogP contribution < -0.4 is 11.1 Å².